The fourth-order valence-electron chi connectivity index (χ4n) is 5.14. The minimum atomic E-state index is -0.834. The van der Waals surface area contributed by atoms with Gasteiger partial charge in [0.1, 0.15) is 17.7 Å². The molecule has 188 valence electrons. The number of carbonyl (C=O) groups excluding carboxylic acids is 1. The second-order valence-corrected chi connectivity index (χ2v) is 9.75. The highest BCUT2D eigenvalue weighted by Gasteiger charge is 2.32. The molecule has 3 aromatic rings. The number of aryl methyl sites for hydroxylation is 1. The molecule has 1 heterocycles. The van der Waals surface area contributed by atoms with E-state index in [0.717, 1.165) is 12.8 Å². The lowest BCUT2D eigenvalue weighted by Gasteiger charge is -2.28. The Labute approximate surface area is 209 Å². The van der Waals surface area contributed by atoms with Crippen molar-refractivity contribution in [3.63, 3.8) is 0 Å². The summed E-state index contributed by atoms with van der Waals surface area (Å²) in [6.45, 7) is 2.60. The van der Waals surface area contributed by atoms with E-state index in [0.29, 0.717) is 49.0 Å². The highest BCUT2D eigenvalue weighted by atomic mass is 19.2. The Morgan fingerprint density at radius 1 is 0.917 bits per heavy atom. The maximum absolute atomic E-state index is 15.1. The van der Waals surface area contributed by atoms with Crippen LogP contribution >= 0.6 is 0 Å². The molecule has 1 atom stereocenters. The van der Waals surface area contributed by atoms with E-state index in [2.05, 4.69) is 6.92 Å². The van der Waals surface area contributed by atoms with Crippen LogP contribution in [0.25, 0.3) is 11.1 Å². The minimum absolute atomic E-state index is 0.162. The van der Waals surface area contributed by atoms with Gasteiger partial charge in [0.05, 0.1) is 12.5 Å². The van der Waals surface area contributed by atoms with Gasteiger partial charge in [0.15, 0.2) is 11.6 Å². The molecule has 0 aromatic heterocycles. The molecule has 2 aliphatic rings. The van der Waals surface area contributed by atoms with Gasteiger partial charge in [0.2, 0.25) is 0 Å². The summed E-state index contributed by atoms with van der Waals surface area (Å²) in [5.41, 5.74) is 2.89. The van der Waals surface area contributed by atoms with E-state index in [1.807, 2.05) is 24.3 Å². The Hall–Kier alpha value is -3.12. The van der Waals surface area contributed by atoms with Crippen LogP contribution in [0.1, 0.15) is 67.7 Å². The van der Waals surface area contributed by atoms with Gasteiger partial charge in [-0.1, -0.05) is 49.7 Å². The monoisotopic (exact) mass is 494 g/mol. The Balaban J connectivity index is 1.21. The van der Waals surface area contributed by atoms with Crippen molar-refractivity contribution >= 4 is 5.97 Å². The molecule has 3 aromatic carbocycles. The van der Waals surface area contributed by atoms with Gasteiger partial charge in [-0.2, -0.15) is 0 Å². The lowest BCUT2D eigenvalue weighted by molar-refractivity contribution is -0.140. The van der Waals surface area contributed by atoms with Gasteiger partial charge in [0.25, 0.3) is 0 Å². The van der Waals surface area contributed by atoms with Crippen molar-refractivity contribution < 1.29 is 27.4 Å². The van der Waals surface area contributed by atoms with Gasteiger partial charge in [0, 0.05) is 17.2 Å². The molecule has 1 unspecified atom stereocenters. The second kappa shape index (κ2) is 10.5. The molecular formula is C30H29F3O3. The summed E-state index contributed by atoms with van der Waals surface area (Å²) in [5, 5.41) is 0. The largest absolute Gasteiger partial charge is 0.426 e. The molecule has 0 spiro atoms. The predicted molar refractivity (Wildman–Crippen MR) is 131 cm³/mol. The topological polar surface area (TPSA) is 38.8 Å². The summed E-state index contributed by atoms with van der Waals surface area (Å²) in [7, 11) is 0. The molecule has 0 radical (unpaired) electrons. The van der Waals surface area contributed by atoms with E-state index in [1.54, 1.807) is 24.3 Å². The van der Waals surface area contributed by atoms with Crippen LogP contribution in [0.15, 0.2) is 54.6 Å². The number of hydrogen-bond acceptors (Lipinski definition) is 3. The predicted octanol–water partition coefficient (Wildman–Crippen LogP) is 7.67. The molecule has 3 nitrogen and oxygen atoms in total. The Morgan fingerprint density at radius 3 is 2.25 bits per heavy atom. The van der Waals surface area contributed by atoms with Crippen molar-refractivity contribution in [2.45, 2.75) is 57.5 Å². The van der Waals surface area contributed by atoms with Crippen LogP contribution in [0.4, 0.5) is 13.2 Å². The number of rotatable bonds is 7. The molecule has 5 rings (SSSR count). The summed E-state index contributed by atoms with van der Waals surface area (Å²) in [6.07, 6.45) is 3.87. The first-order valence-corrected chi connectivity index (χ1v) is 12.6. The number of halogens is 3. The van der Waals surface area contributed by atoms with Crippen molar-refractivity contribution in [3.05, 3.63) is 88.7 Å². The molecule has 1 saturated heterocycles. The highest BCUT2D eigenvalue weighted by molar-refractivity contribution is 5.75. The van der Waals surface area contributed by atoms with Gasteiger partial charge in [-0.25, -0.2) is 13.2 Å². The van der Waals surface area contributed by atoms with Gasteiger partial charge >= 0.3 is 5.97 Å². The number of benzene rings is 3. The number of carbonyl (C=O) groups is 1. The lowest BCUT2D eigenvalue weighted by atomic mass is 9.78. The average Bonchev–Trinajstić information content (AvgIpc) is 3.72. The van der Waals surface area contributed by atoms with Crippen molar-refractivity contribution in [3.8, 4) is 16.9 Å². The van der Waals surface area contributed by atoms with Crippen molar-refractivity contribution in [2.24, 2.45) is 5.92 Å². The third-order valence-corrected chi connectivity index (χ3v) is 7.29. The number of epoxide rings is 1. The Morgan fingerprint density at radius 2 is 1.61 bits per heavy atom. The maximum Gasteiger partial charge on any atom is 0.314 e. The van der Waals surface area contributed by atoms with E-state index in [1.165, 1.54) is 11.6 Å². The summed E-state index contributed by atoms with van der Waals surface area (Å²) in [5.74, 6) is -2.88. The van der Waals surface area contributed by atoms with Crippen LogP contribution < -0.4 is 4.74 Å². The molecule has 1 saturated carbocycles. The first kappa shape index (κ1) is 24.6. The third-order valence-electron chi connectivity index (χ3n) is 7.29. The Kier molecular flexibility index (Phi) is 7.15. The smallest absolute Gasteiger partial charge is 0.314 e. The average molecular weight is 495 g/mol. The van der Waals surface area contributed by atoms with Crippen LogP contribution in [0.5, 0.6) is 5.75 Å². The van der Waals surface area contributed by atoms with Crippen LogP contribution in [-0.4, -0.2) is 12.6 Å². The quantitative estimate of drug-likeness (QED) is 0.192. The summed E-state index contributed by atoms with van der Waals surface area (Å²) >= 11 is 0. The third kappa shape index (κ3) is 5.19. The standard InChI is InChI=1S/C30H29F3O3/c1-2-3-18-4-6-19(7-5-18)23-14-15-24(29(33)28(23)32)20-8-10-21(11-9-20)30(34)36-22-12-13-25(26(31)16-22)27-17-35-27/h4-7,12-16,20-21,27H,2-3,8-11,17H2,1H3. The number of ether oxygens (including phenoxy) is 2. The van der Waals surface area contributed by atoms with Crippen LogP contribution in [0, 0.1) is 23.4 Å². The van der Waals surface area contributed by atoms with Gasteiger partial charge in [-0.3, -0.25) is 4.79 Å². The molecule has 36 heavy (non-hydrogen) atoms. The number of hydrogen-bond donors (Lipinski definition) is 0. The fourth-order valence-corrected chi connectivity index (χ4v) is 5.14. The van der Waals surface area contributed by atoms with Crippen molar-refractivity contribution in [2.75, 3.05) is 6.61 Å². The van der Waals surface area contributed by atoms with Gasteiger partial charge in [-0.15, -0.1) is 0 Å². The molecular weight excluding hydrogens is 465 g/mol. The zero-order chi connectivity index (χ0) is 25.2. The number of esters is 1. The zero-order valence-corrected chi connectivity index (χ0v) is 20.2. The normalized spacial score (nSPS) is 21.3. The maximum atomic E-state index is 15.1. The van der Waals surface area contributed by atoms with E-state index >= 15 is 8.78 Å². The fraction of sp³-hybridized carbons (Fsp3) is 0.367. The highest BCUT2D eigenvalue weighted by Crippen LogP contribution is 2.40. The minimum Gasteiger partial charge on any atom is -0.426 e. The molecule has 2 fully saturated rings. The van der Waals surface area contributed by atoms with E-state index in [9.17, 15) is 9.18 Å². The molecule has 6 heteroatoms. The molecule has 1 aliphatic heterocycles. The van der Waals surface area contributed by atoms with Crippen molar-refractivity contribution in [1.29, 1.82) is 0 Å². The second-order valence-electron chi connectivity index (χ2n) is 9.75. The van der Waals surface area contributed by atoms with Crippen molar-refractivity contribution in [1.82, 2.24) is 0 Å². The summed E-state index contributed by atoms with van der Waals surface area (Å²) in [4.78, 5) is 12.6. The lowest BCUT2D eigenvalue weighted by Crippen LogP contribution is -2.25. The molecule has 0 N–H and O–H groups in total. The molecule has 1 aliphatic carbocycles. The molecule has 0 bridgehead atoms. The summed E-state index contributed by atoms with van der Waals surface area (Å²) in [6, 6.07) is 15.2. The van der Waals surface area contributed by atoms with E-state index in [-0.39, 0.29) is 29.3 Å². The van der Waals surface area contributed by atoms with E-state index < -0.39 is 23.4 Å². The van der Waals surface area contributed by atoms with Gasteiger partial charge < -0.3 is 9.47 Å². The first-order chi connectivity index (χ1) is 17.4. The molecule has 0 amide bonds. The van der Waals surface area contributed by atoms with Crippen LogP contribution in [0.3, 0.4) is 0 Å². The zero-order valence-electron chi connectivity index (χ0n) is 20.2. The van der Waals surface area contributed by atoms with Crippen LogP contribution in [-0.2, 0) is 16.0 Å². The summed E-state index contributed by atoms with van der Waals surface area (Å²) < 4.78 is 54.8. The van der Waals surface area contributed by atoms with E-state index in [4.69, 9.17) is 9.47 Å². The SMILES string of the molecule is CCCc1ccc(-c2ccc(C3CCC(C(=O)Oc4ccc(C5CO5)c(F)c4)CC3)c(F)c2F)cc1. The van der Waals surface area contributed by atoms with Gasteiger partial charge in [-0.05, 0) is 66.8 Å². The first-order valence-electron chi connectivity index (χ1n) is 12.6. The Bertz CT molecular complexity index is 1240. The van der Waals surface area contributed by atoms with Crippen LogP contribution in [0.2, 0.25) is 0 Å².